The molecule has 0 saturated carbocycles. The van der Waals surface area contributed by atoms with Gasteiger partial charge in [-0.3, -0.25) is 0 Å². The Bertz CT molecular complexity index is 408. The predicted octanol–water partition coefficient (Wildman–Crippen LogP) is 2.69. The minimum absolute atomic E-state index is 0.290. The maximum absolute atomic E-state index is 8.71. The first-order valence-electron chi connectivity index (χ1n) is 4.84. The number of rotatable bonds is 4. The van der Waals surface area contributed by atoms with E-state index in [2.05, 4.69) is 22.5 Å². The Balaban J connectivity index is 2.19. The van der Waals surface area contributed by atoms with E-state index in [0.29, 0.717) is 0 Å². The second-order valence-corrected chi connectivity index (χ2v) is 4.18. The number of aromatic nitrogens is 1. The molecule has 0 N–H and O–H groups in total. The quantitative estimate of drug-likeness (QED) is 0.705. The number of pyridine rings is 1. The van der Waals surface area contributed by atoms with Crippen molar-refractivity contribution < 1.29 is 0 Å². The third-order valence-electron chi connectivity index (χ3n) is 2.31. The Morgan fingerprint density at radius 1 is 1.29 bits per heavy atom. The Morgan fingerprint density at radius 2 is 2.21 bits per heavy atom. The Kier molecular flexibility index (Phi) is 3.11. The molecule has 0 amide bonds. The predicted molar refractivity (Wildman–Crippen MR) is 59.6 cm³/mol. The first kappa shape index (κ1) is 9.62. The van der Waals surface area contributed by atoms with Gasteiger partial charge in [-0.1, -0.05) is 0 Å². The van der Waals surface area contributed by atoms with E-state index in [0.717, 1.165) is 24.1 Å². The van der Waals surface area contributed by atoms with Crippen molar-refractivity contribution in [1.82, 2.24) is 10.7 Å². The smallest absolute Gasteiger partial charge is 0.123 e. The minimum atomic E-state index is 0.290. The van der Waals surface area contributed by atoms with Gasteiger partial charge in [-0.2, -0.15) is 0 Å². The van der Waals surface area contributed by atoms with Crippen LogP contribution >= 0.6 is 11.3 Å². The van der Waals surface area contributed by atoms with Gasteiger partial charge in [-0.15, -0.1) is 17.1 Å². The molecule has 2 aromatic rings. The molecule has 0 bridgehead atoms. The van der Waals surface area contributed by atoms with E-state index in [9.17, 15) is 0 Å². The van der Waals surface area contributed by atoms with Gasteiger partial charge in [0.25, 0.3) is 0 Å². The zero-order valence-corrected chi connectivity index (χ0v) is 8.76. The van der Waals surface area contributed by atoms with E-state index in [-0.39, 0.29) is 6.54 Å². The van der Waals surface area contributed by atoms with Crippen LogP contribution in [0.15, 0.2) is 23.7 Å². The molecule has 0 aliphatic heterocycles. The van der Waals surface area contributed by atoms with Crippen LogP contribution in [0.4, 0.5) is 0 Å². The average molecular weight is 204 g/mol. The summed E-state index contributed by atoms with van der Waals surface area (Å²) in [7, 11) is 0. The lowest BCUT2D eigenvalue weighted by molar-refractivity contribution is 0.737. The lowest BCUT2D eigenvalue weighted by Gasteiger charge is -2.01. The normalized spacial score (nSPS) is 10.9. The van der Waals surface area contributed by atoms with E-state index in [1.54, 1.807) is 11.3 Å². The summed E-state index contributed by atoms with van der Waals surface area (Å²) in [5.74, 6) is 0. The fourth-order valence-corrected chi connectivity index (χ4v) is 2.36. The number of nitrogens with zero attached hydrogens (tertiary/aromatic N) is 2. The molecule has 2 heterocycles. The van der Waals surface area contributed by atoms with Crippen molar-refractivity contribution in [3.8, 4) is 0 Å². The van der Waals surface area contributed by atoms with Gasteiger partial charge in [0, 0.05) is 18.1 Å². The van der Waals surface area contributed by atoms with E-state index in [4.69, 9.17) is 5.73 Å². The molecule has 0 atom stereocenters. The van der Waals surface area contributed by atoms with Gasteiger partial charge in [0.1, 0.15) is 4.83 Å². The van der Waals surface area contributed by atoms with Gasteiger partial charge in [0.2, 0.25) is 0 Å². The second-order valence-electron chi connectivity index (χ2n) is 3.29. The monoisotopic (exact) mass is 204 g/mol. The molecule has 2 rings (SSSR count). The van der Waals surface area contributed by atoms with E-state index in [1.807, 2.05) is 6.20 Å². The molecule has 3 heteroatoms. The number of aryl methyl sites for hydroxylation is 1. The van der Waals surface area contributed by atoms with Crippen LogP contribution in [0.2, 0.25) is 0 Å². The van der Waals surface area contributed by atoms with Crippen LogP contribution in [0.1, 0.15) is 18.4 Å². The summed E-state index contributed by atoms with van der Waals surface area (Å²) in [4.78, 5) is 5.42. The maximum Gasteiger partial charge on any atom is 0.123 e. The highest BCUT2D eigenvalue weighted by molar-refractivity contribution is 7.16. The Hall–Kier alpha value is -0.930. The van der Waals surface area contributed by atoms with Gasteiger partial charge in [-0.25, -0.2) is 4.98 Å². The molecule has 0 aliphatic carbocycles. The molecule has 0 fully saturated rings. The highest BCUT2D eigenvalue weighted by atomic mass is 32.1. The summed E-state index contributed by atoms with van der Waals surface area (Å²) in [5.41, 5.74) is 10.1. The fraction of sp³-hybridized carbons (Fsp3) is 0.364. The zero-order chi connectivity index (χ0) is 9.80. The van der Waals surface area contributed by atoms with Crippen molar-refractivity contribution in [3.63, 3.8) is 0 Å². The maximum atomic E-state index is 8.71. The van der Waals surface area contributed by atoms with Crippen molar-refractivity contribution in [2.75, 3.05) is 6.54 Å². The molecule has 72 valence electrons. The van der Waals surface area contributed by atoms with Gasteiger partial charge in [0.15, 0.2) is 0 Å². The molecule has 14 heavy (non-hydrogen) atoms. The van der Waals surface area contributed by atoms with Gasteiger partial charge in [0.05, 0.1) is 0 Å². The van der Waals surface area contributed by atoms with Crippen LogP contribution in [0.3, 0.4) is 0 Å². The summed E-state index contributed by atoms with van der Waals surface area (Å²) in [5, 5.41) is 3.35. The molecule has 0 spiro atoms. The summed E-state index contributed by atoms with van der Waals surface area (Å²) < 4.78 is 0. The third-order valence-corrected chi connectivity index (χ3v) is 3.13. The topological polar surface area (TPSA) is 35.2 Å². The number of hydrogen-bond donors (Lipinski definition) is 0. The van der Waals surface area contributed by atoms with Gasteiger partial charge >= 0.3 is 0 Å². The molecular formula is C11H12N2S. The van der Waals surface area contributed by atoms with Crippen molar-refractivity contribution >= 4 is 21.6 Å². The molecule has 2 aromatic heterocycles. The lowest BCUT2D eigenvalue weighted by atomic mass is 10.1. The number of unbranched alkanes of at least 4 members (excludes halogenated alkanes) is 1. The van der Waals surface area contributed by atoms with Crippen molar-refractivity contribution in [2.24, 2.45) is 0 Å². The van der Waals surface area contributed by atoms with E-state index < -0.39 is 0 Å². The van der Waals surface area contributed by atoms with Crippen LogP contribution in [-0.4, -0.2) is 11.5 Å². The van der Waals surface area contributed by atoms with Crippen LogP contribution < -0.4 is 5.73 Å². The summed E-state index contributed by atoms with van der Waals surface area (Å²) in [6.07, 6.45) is 4.84. The van der Waals surface area contributed by atoms with E-state index >= 15 is 0 Å². The number of thiophene rings is 1. The highest BCUT2D eigenvalue weighted by Gasteiger charge is 2.01. The SMILES string of the molecule is [N]CCCCc1ccnc2sccc12. The van der Waals surface area contributed by atoms with E-state index in [1.165, 1.54) is 10.9 Å². The molecule has 0 aliphatic rings. The molecule has 2 nitrogen and oxygen atoms in total. The molecule has 0 unspecified atom stereocenters. The standard InChI is InChI=1S/C11H12N2S/c12-6-2-1-3-9-4-7-13-11-10(9)5-8-14-11/h4-5,7-8H,1-3,6H2. The van der Waals surface area contributed by atoms with Crippen LogP contribution in [0, 0.1) is 0 Å². The first-order valence-corrected chi connectivity index (χ1v) is 5.72. The number of fused-ring (bicyclic) bond motifs is 1. The largest absolute Gasteiger partial charge is 0.245 e. The molecular weight excluding hydrogens is 192 g/mol. The Labute approximate surface area is 87.8 Å². The number of hydrogen-bond acceptors (Lipinski definition) is 2. The second kappa shape index (κ2) is 4.53. The Morgan fingerprint density at radius 3 is 3.07 bits per heavy atom. The lowest BCUT2D eigenvalue weighted by Crippen LogP contribution is -1.90. The first-order chi connectivity index (χ1) is 6.92. The highest BCUT2D eigenvalue weighted by Crippen LogP contribution is 2.22. The van der Waals surface area contributed by atoms with Crippen molar-refractivity contribution in [2.45, 2.75) is 19.3 Å². The van der Waals surface area contributed by atoms with Crippen molar-refractivity contribution in [1.29, 1.82) is 0 Å². The molecule has 0 saturated heterocycles. The summed E-state index contributed by atoms with van der Waals surface area (Å²) in [6.45, 7) is 0.290. The van der Waals surface area contributed by atoms with Crippen LogP contribution in [-0.2, 0) is 6.42 Å². The summed E-state index contributed by atoms with van der Waals surface area (Å²) >= 11 is 1.68. The summed E-state index contributed by atoms with van der Waals surface area (Å²) in [6, 6.07) is 4.20. The minimum Gasteiger partial charge on any atom is -0.245 e. The molecule has 2 radical (unpaired) electrons. The van der Waals surface area contributed by atoms with Crippen molar-refractivity contribution in [3.05, 3.63) is 29.3 Å². The average Bonchev–Trinajstić information content (AvgIpc) is 2.67. The third kappa shape index (κ3) is 1.94. The van der Waals surface area contributed by atoms with Gasteiger partial charge < -0.3 is 0 Å². The van der Waals surface area contributed by atoms with Crippen LogP contribution in [0.5, 0.6) is 0 Å². The van der Waals surface area contributed by atoms with Crippen LogP contribution in [0.25, 0.3) is 10.2 Å². The van der Waals surface area contributed by atoms with Gasteiger partial charge in [-0.05, 0) is 42.3 Å². The fourth-order valence-electron chi connectivity index (χ4n) is 1.58. The zero-order valence-electron chi connectivity index (χ0n) is 7.94. The molecule has 0 aromatic carbocycles.